The van der Waals surface area contributed by atoms with E-state index >= 15 is 0 Å². The van der Waals surface area contributed by atoms with Crippen LogP contribution < -0.4 is 10.9 Å². The van der Waals surface area contributed by atoms with E-state index in [-0.39, 0.29) is 17.4 Å². The first-order chi connectivity index (χ1) is 14.5. The average Bonchev–Trinajstić information content (AvgIpc) is 2.75. The number of carbonyl (C=O) groups excluding carboxylic acids is 2. The lowest BCUT2D eigenvalue weighted by atomic mass is 9.92. The van der Waals surface area contributed by atoms with E-state index in [1.165, 1.54) is 10.6 Å². The number of fused-ring (bicyclic) bond motifs is 1. The second-order valence-electron chi connectivity index (χ2n) is 7.78. The molecular weight excluding hydrogens is 376 g/mol. The Morgan fingerprint density at radius 2 is 1.70 bits per heavy atom. The van der Waals surface area contributed by atoms with Crippen molar-refractivity contribution in [3.05, 3.63) is 99.0 Å². The van der Waals surface area contributed by atoms with Crippen LogP contribution in [0, 0.1) is 6.92 Å². The molecule has 152 valence electrons. The molecule has 0 saturated heterocycles. The van der Waals surface area contributed by atoms with Crippen molar-refractivity contribution >= 4 is 11.7 Å². The third-order valence-electron chi connectivity index (χ3n) is 5.60. The van der Waals surface area contributed by atoms with Gasteiger partial charge in [-0.3, -0.25) is 19.0 Å². The predicted molar refractivity (Wildman–Crippen MR) is 116 cm³/mol. The lowest BCUT2D eigenvalue weighted by Crippen LogP contribution is -2.37. The Bertz CT molecular complexity index is 1160. The van der Waals surface area contributed by atoms with Gasteiger partial charge >= 0.3 is 0 Å². The molecule has 4 rings (SSSR count). The van der Waals surface area contributed by atoms with Gasteiger partial charge in [-0.2, -0.15) is 0 Å². The van der Waals surface area contributed by atoms with Crippen LogP contribution in [-0.4, -0.2) is 16.3 Å². The summed E-state index contributed by atoms with van der Waals surface area (Å²) >= 11 is 0. The van der Waals surface area contributed by atoms with Gasteiger partial charge in [-0.15, -0.1) is 0 Å². The van der Waals surface area contributed by atoms with Gasteiger partial charge in [-0.05, 0) is 50.5 Å². The SMILES string of the molecule is Cc1ccc(-n2c3c(cc(C(=O)N[C@@H](C)c4ccccc4)c2=O)C(=O)CCC3)cc1. The first kappa shape index (κ1) is 19.8. The van der Waals surface area contributed by atoms with Crippen molar-refractivity contribution in [1.29, 1.82) is 0 Å². The van der Waals surface area contributed by atoms with Crippen molar-refractivity contribution in [2.24, 2.45) is 0 Å². The van der Waals surface area contributed by atoms with Gasteiger partial charge in [0.15, 0.2) is 5.78 Å². The Balaban J connectivity index is 1.80. The molecule has 0 saturated carbocycles. The number of aryl methyl sites for hydroxylation is 1. The Kier molecular flexibility index (Phi) is 5.36. The lowest BCUT2D eigenvalue weighted by molar-refractivity contribution is 0.0938. The number of amides is 1. The van der Waals surface area contributed by atoms with Gasteiger partial charge in [0, 0.05) is 23.4 Å². The van der Waals surface area contributed by atoms with Gasteiger partial charge in [0.05, 0.1) is 6.04 Å². The van der Waals surface area contributed by atoms with Gasteiger partial charge in [0.2, 0.25) is 0 Å². The topological polar surface area (TPSA) is 68.2 Å². The standard InChI is InChI=1S/C25H24N2O3/c1-16-11-13-19(14-12-16)27-22-9-6-10-23(28)20(22)15-21(25(27)30)24(29)26-17(2)18-7-4-3-5-8-18/h3-5,7-8,11-15,17H,6,9-10H2,1-2H3,(H,26,29)/t17-/m0/s1. The summed E-state index contributed by atoms with van der Waals surface area (Å²) in [6, 6.07) is 18.3. The van der Waals surface area contributed by atoms with E-state index in [0.29, 0.717) is 36.2 Å². The van der Waals surface area contributed by atoms with E-state index in [0.717, 1.165) is 11.1 Å². The molecule has 3 aromatic rings. The molecule has 1 heterocycles. The number of ketones is 1. The maximum atomic E-state index is 13.4. The number of benzene rings is 2. The number of aromatic nitrogens is 1. The average molecular weight is 400 g/mol. The molecule has 5 nitrogen and oxygen atoms in total. The normalized spacial score (nSPS) is 14.1. The quantitative estimate of drug-likeness (QED) is 0.715. The first-order valence-corrected chi connectivity index (χ1v) is 10.2. The Labute approximate surface area is 175 Å². The highest BCUT2D eigenvalue weighted by atomic mass is 16.2. The molecule has 1 aliphatic rings. The van der Waals surface area contributed by atoms with Gasteiger partial charge in [-0.25, -0.2) is 0 Å². The maximum absolute atomic E-state index is 13.4. The zero-order chi connectivity index (χ0) is 21.3. The van der Waals surface area contributed by atoms with Crippen LogP contribution in [-0.2, 0) is 6.42 Å². The highest BCUT2D eigenvalue weighted by Crippen LogP contribution is 2.24. The molecule has 1 amide bonds. The Morgan fingerprint density at radius 3 is 2.40 bits per heavy atom. The van der Waals surface area contributed by atoms with Crippen LogP contribution in [0.25, 0.3) is 5.69 Å². The molecule has 0 spiro atoms. The van der Waals surface area contributed by atoms with Crippen molar-refractivity contribution in [1.82, 2.24) is 9.88 Å². The second kappa shape index (κ2) is 8.11. The van der Waals surface area contributed by atoms with Crippen LogP contribution in [0.5, 0.6) is 0 Å². The van der Waals surface area contributed by atoms with Crippen molar-refractivity contribution in [2.45, 2.75) is 39.2 Å². The number of rotatable bonds is 4. The summed E-state index contributed by atoms with van der Waals surface area (Å²) in [6.07, 6.45) is 1.76. The largest absolute Gasteiger partial charge is 0.345 e. The summed E-state index contributed by atoms with van der Waals surface area (Å²) in [6.45, 7) is 3.84. The van der Waals surface area contributed by atoms with E-state index in [2.05, 4.69) is 5.32 Å². The molecule has 1 atom stereocenters. The van der Waals surface area contributed by atoms with E-state index in [1.807, 2.05) is 68.4 Å². The number of carbonyl (C=O) groups is 2. The number of hydrogen-bond donors (Lipinski definition) is 1. The van der Waals surface area contributed by atoms with Crippen molar-refractivity contribution in [3.63, 3.8) is 0 Å². The molecule has 1 aliphatic carbocycles. The van der Waals surface area contributed by atoms with Crippen LogP contribution in [0.4, 0.5) is 0 Å². The number of pyridine rings is 1. The first-order valence-electron chi connectivity index (χ1n) is 10.2. The van der Waals surface area contributed by atoms with Crippen LogP contribution in [0.3, 0.4) is 0 Å². The van der Waals surface area contributed by atoms with E-state index < -0.39 is 11.5 Å². The van der Waals surface area contributed by atoms with Crippen LogP contribution in [0.2, 0.25) is 0 Å². The fourth-order valence-corrected chi connectivity index (χ4v) is 3.92. The molecule has 0 radical (unpaired) electrons. The van der Waals surface area contributed by atoms with E-state index in [1.54, 1.807) is 0 Å². The molecule has 0 aliphatic heterocycles. The molecule has 0 bridgehead atoms. The summed E-state index contributed by atoms with van der Waals surface area (Å²) in [4.78, 5) is 39.0. The van der Waals surface area contributed by atoms with Gasteiger partial charge < -0.3 is 5.32 Å². The predicted octanol–water partition coefficient (Wildman–Crippen LogP) is 4.16. The summed E-state index contributed by atoms with van der Waals surface area (Å²) < 4.78 is 1.54. The lowest BCUT2D eigenvalue weighted by Gasteiger charge is -2.22. The minimum absolute atomic E-state index is 0.00708. The molecule has 30 heavy (non-hydrogen) atoms. The number of nitrogens with zero attached hydrogens (tertiary/aromatic N) is 1. The Hall–Kier alpha value is -3.47. The van der Waals surface area contributed by atoms with E-state index in [4.69, 9.17) is 0 Å². The highest BCUT2D eigenvalue weighted by Gasteiger charge is 2.26. The monoisotopic (exact) mass is 400 g/mol. The molecule has 5 heteroatoms. The minimum Gasteiger partial charge on any atom is -0.345 e. The fraction of sp³-hybridized carbons (Fsp3) is 0.240. The fourth-order valence-electron chi connectivity index (χ4n) is 3.92. The molecule has 2 aromatic carbocycles. The van der Waals surface area contributed by atoms with Gasteiger partial charge in [0.25, 0.3) is 11.5 Å². The Morgan fingerprint density at radius 1 is 1.00 bits per heavy atom. The van der Waals surface area contributed by atoms with Crippen molar-refractivity contribution in [3.8, 4) is 5.69 Å². The zero-order valence-corrected chi connectivity index (χ0v) is 17.1. The summed E-state index contributed by atoms with van der Waals surface area (Å²) in [5.41, 5.74) is 3.44. The maximum Gasteiger partial charge on any atom is 0.268 e. The highest BCUT2D eigenvalue weighted by molar-refractivity contribution is 6.02. The molecule has 1 aromatic heterocycles. The molecule has 0 unspecified atom stereocenters. The minimum atomic E-state index is -0.474. The molecule has 1 N–H and O–H groups in total. The third-order valence-corrected chi connectivity index (χ3v) is 5.60. The smallest absolute Gasteiger partial charge is 0.268 e. The zero-order valence-electron chi connectivity index (χ0n) is 17.1. The number of Topliss-reactive ketones (excluding diaryl/α,β-unsaturated/α-hetero) is 1. The molecule has 0 fully saturated rings. The number of hydrogen-bond acceptors (Lipinski definition) is 3. The van der Waals surface area contributed by atoms with Crippen molar-refractivity contribution in [2.75, 3.05) is 0 Å². The van der Waals surface area contributed by atoms with Crippen LogP contribution in [0.15, 0.2) is 65.5 Å². The summed E-state index contributed by atoms with van der Waals surface area (Å²) in [5.74, 6) is -0.499. The second-order valence-corrected chi connectivity index (χ2v) is 7.78. The molecular formula is C25H24N2O3. The van der Waals surface area contributed by atoms with Gasteiger partial charge in [-0.1, -0.05) is 48.0 Å². The van der Waals surface area contributed by atoms with Crippen molar-refractivity contribution < 1.29 is 9.59 Å². The number of nitrogens with one attached hydrogen (secondary N) is 1. The third kappa shape index (κ3) is 3.71. The van der Waals surface area contributed by atoms with Crippen LogP contribution in [0.1, 0.15) is 63.3 Å². The summed E-state index contributed by atoms with van der Waals surface area (Å²) in [7, 11) is 0. The summed E-state index contributed by atoms with van der Waals surface area (Å²) in [5, 5.41) is 2.90. The van der Waals surface area contributed by atoms with E-state index in [9.17, 15) is 14.4 Å². The van der Waals surface area contributed by atoms with Crippen LogP contribution >= 0.6 is 0 Å². The van der Waals surface area contributed by atoms with Gasteiger partial charge in [0.1, 0.15) is 5.56 Å².